The van der Waals surface area contributed by atoms with E-state index in [-0.39, 0.29) is 5.78 Å². The minimum Gasteiger partial charge on any atom is -0.299 e. The summed E-state index contributed by atoms with van der Waals surface area (Å²) in [6.45, 7) is 0. The van der Waals surface area contributed by atoms with Crippen molar-refractivity contribution in [3.05, 3.63) is 59.1 Å². The number of carbonyl (C=O) groups is 1. The fraction of sp³-hybridized carbons (Fsp3) is 0.214. The molecule has 0 radical (unpaired) electrons. The van der Waals surface area contributed by atoms with Gasteiger partial charge in [0, 0.05) is 37.6 Å². The van der Waals surface area contributed by atoms with Crippen LogP contribution in [0.3, 0.4) is 0 Å². The Hall–Kier alpha value is -1.74. The molecule has 4 heteroatoms. The van der Waals surface area contributed by atoms with E-state index < -0.39 is 0 Å². The Morgan fingerprint density at radius 2 is 1.83 bits per heavy atom. The molecule has 0 unspecified atom stereocenters. The van der Waals surface area contributed by atoms with Crippen LogP contribution in [0.15, 0.2) is 43.0 Å². The zero-order valence-corrected chi connectivity index (χ0v) is 10.6. The Bertz CT molecular complexity index is 528. The second-order valence-corrected chi connectivity index (χ2v) is 4.45. The second-order valence-electron chi connectivity index (χ2n) is 4.04. The van der Waals surface area contributed by atoms with Gasteiger partial charge in [0.1, 0.15) is 5.78 Å². The van der Waals surface area contributed by atoms with Crippen molar-refractivity contribution in [1.29, 1.82) is 0 Å². The number of hydrogen-bond acceptors (Lipinski definition) is 3. The summed E-state index contributed by atoms with van der Waals surface area (Å²) < 4.78 is 0. The van der Waals surface area contributed by atoms with Gasteiger partial charge in [-0.05, 0) is 35.7 Å². The van der Waals surface area contributed by atoms with E-state index in [4.69, 9.17) is 11.6 Å². The maximum absolute atomic E-state index is 11.8. The third kappa shape index (κ3) is 3.64. The molecule has 2 aromatic rings. The highest BCUT2D eigenvalue weighted by Crippen LogP contribution is 2.15. The summed E-state index contributed by atoms with van der Waals surface area (Å²) in [6.07, 6.45) is 8.31. The van der Waals surface area contributed by atoms with Gasteiger partial charge in [-0.15, -0.1) is 0 Å². The van der Waals surface area contributed by atoms with E-state index in [2.05, 4.69) is 9.97 Å². The normalized spacial score (nSPS) is 10.3. The molecule has 0 aromatic carbocycles. The van der Waals surface area contributed by atoms with Crippen LogP contribution in [-0.4, -0.2) is 15.8 Å². The molecule has 0 atom stereocenters. The van der Waals surface area contributed by atoms with Gasteiger partial charge in [0.25, 0.3) is 0 Å². The molecule has 2 heterocycles. The molecule has 0 saturated carbocycles. The fourth-order valence-electron chi connectivity index (χ4n) is 1.68. The van der Waals surface area contributed by atoms with Crippen LogP contribution in [0, 0.1) is 0 Å². The van der Waals surface area contributed by atoms with Crippen LogP contribution < -0.4 is 0 Å². The number of nitrogens with zero attached hydrogens (tertiary/aromatic N) is 2. The summed E-state index contributed by atoms with van der Waals surface area (Å²) >= 11 is 5.96. The summed E-state index contributed by atoms with van der Waals surface area (Å²) in [5, 5.41) is 0.551. The number of halogens is 1. The molecular weight excluding hydrogens is 248 g/mol. The van der Waals surface area contributed by atoms with E-state index in [1.807, 2.05) is 12.1 Å². The van der Waals surface area contributed by atoms with E-state index in [0.29, 0.717) is 17.9 Å². The third-order valence-electron chi connectivity index (χ3n) is 2.69. The number of aromatic nitrogens is 2. The number of pyridine rings is 2. The molecule has 0 amide bonds. The molecule has 0 aliphatic carbocycles. The zero-order valence-electron chi connectivity index (χ0n) is 9.84. The third-order valence-corrected chi connectivity index (χ3v) is 3.03. The van der Waals surface area contributed by atoms with Gasteiger partial charge in [-0.2, -0.15) is 0 Å². The first kappa shape index (κ1) is 12.7. The fourth-order valence-corrected chi connectivity index (χ4v) is 1.87. The SMILES string of the molecule is O=C(CCc1ccncc1)Cc1ccncc1Cl. The lowest BCUT2D eigenvalue weighted by Crippen LogP contribution is -2.05. The van der Waals surface area contributed by atoms with Gasteiger partial charge < -0.3 is 0 Å². The van der Waals surface area contributed by atoms with Crippen molar-refractivity contribution in [2.24, 2.45) is 0 Å². The van der Waals surface area contributed by atoms with Crippen LogP contribution in [0.5, 0.6) is 0 Å². The van der Waals surface area contributed by atoms with Crippen LogP contribution in [0.1, 0.15) is 17.5 Å². The predicted octanol–water partition coefficient (Wildman–Crippen LogP) is 2.87. The Morgan fingerprint density at radius 1 is 1.11 bits per heavy atom. The first-order valence-corrected chi connectivity index (χ1v) is 6.12. The molecule has 2 rings (SSSR count). The average Bonchev–Trinajstić information content (AvgIpc) is 2.40. The molecule has 0 fully saturated rings. The molecule has 0 aliphatic heterocycles. The maximum Gasteiger partial charge on any atom is 0.137 e. The summed E-state index contributed by atoms with van der Waals surface area (Å²) in [6, 6.07) is 5.63. The van der Waals surface area contributed by atoms with Gasteiger partial charge in [-0.25, -0.2) is 0 Å². The van der Waals surface area contributed by atoms with Gasteiger partial charge in [-0.3, -0.25) is 14.8 Å². The van der Waals surface area contributed by atoms with Crippen molar-refractivity contribution in [3.63, 3.8) is 0 Å². The van der Waals surface area contributed by atoms with E-state index in [9.17, 15) is 4.79 Å². The molecule has 0 saturated heterocycles. The first-order chi connectivity index (χ1) is 8.75. The highest BCUT2D eigenvalue weighted by Gasteiger charge is 2.07. The largest absolute Gasteiger partial charge is 0.299 e. The average molecular weight is 261 g/mol. The van der Waals surface area contributed by atoms with Gasteiger partial charge in [0.15, 0.2) is 0 Å². The van der Waals surface area contributed by atoms with Crippen LogP contribution in [0.2, 0.25) is 5.02 Å². The number of ketones is 1. The quantitative estimate of drug-likeness (QED) is 0.830. The number of Topliss-reactive ketones (excluding diaryl/α,β-unsaturated/α-hetero) is 1. The Balaban J connectivity index is 1.88. The Morgan fingerprint density at radius 3 is 2.56 bits per heavy atom. The van der Waals surface area contributed by atoms with E-state index >= 15 is 0 Å². The van der Waals surface area contributed by atoms with Crippen LogP contribution in [0.4, 0.5) is 0 Å². The molecule has 18 heavy (non-hydrogen) atoms. The smallest absolute Gasteiger partial charge is 0.137 e. The van der Waals surface area contributed by atoms with Crippen molar-refractivity contribution >= 4 is 17.4 Å². The number of aryl methyl sites for hydroxylation is 1. The van der Waals surface area contributed by atoms with Gasteiger partial charge in [0.2, 0.25) is 0 Å². The maximum atomic E-state index is 11.8. The molecule has 0 N–H and O–H groups in total. The monoisotopic (exact) mass is 260 g/mol. The highest BCUT2D eigenvalue weighted by atomic mass is 35.5. The number of carbonyl (C=O) groups excluding carboxylic acids is 1. The standard InChI is InChI=1S/C14H13ClN2O/c15-14-10-17-8-5-12(14)9-13(18)2-1-11-3-6-16-7-4-11/h3-8,10H,1-2,9H2. The molecule has 92 valence electrons. The Kier molecular flexibility index (Phi) is 4.42. The molecule has 0 aliphatic rings. The van der Waals surface area contributed by atoms with Gasteiger partial charge in [-0.1, -0.05) is 11.6 Å². The van der Waals surface area contributed by atoms with Crippen molar-refractivity contribution in [2.75, 3.05) is 0 Å². The highest BCUT2D eigenvalue weighted by molar-refractivity contribution is 6.31. The molecular formula is C14H13ClN2O. The van der Waals surface area contributed by atoms with E-state index in [0.717, 1.165) is 17.5 Å². The van der Waals surface area contributed by atoms with Crippen LogP contribution in [0.25, 0.3) is 0 Å². The van der Waals surface area contributed by atoms with Crippen molar-refractivity contribution < 1.29 is 4.79 Å². The lowest BCUT2D eigenvalue weighted by molar-refractivity contribution is -0.118. The number of rotatable bonds is 5. The van der Waals surface area contributed by atoms with Gasteiger partial charge >= 0.3 is 0 Å². The molecule has 2 aromatic heterocycles. The van der Waals surface area contributed by atoms with Crippen LogP contribution in [-0.2, 0) is 17.6 Å². The lowest BCUT2D eigenvalue weighted by atomic mass is 10.0. The molecule has 3 nitrogen and oxygen atoms in total. The summed E-state index contributed by atoms with van der Waals surface area (Å²) in [5.41, 5.74) is 1.96. The number of hydrogen-bond donors (Lipinski definition) is 0. The topological polar surface area (TPSA) is 42.9 Å². The molecule has 0 spiro atoms. The minimum atomic E-state index is 0.180. The summed E-state index contributed by atoms with van der Waals surface area (Å²) in [7, 11) is 0. The van der Waals surface area contributed by atoms with Crippen molar-refractivity contribution in [3.8, 4) is 0 Å². The van der Waals surface area contributed by atoms with E-state index in [1.54, 1.807) is 30.9 Å². The van der Waals surface area contributed by atoms with Crippen molar-refractivity contribution in [1.82, 2.24) is 9.97 Å². The first-order valence-electron chi connectivity index (χ1n) is 5.74. The Labute approximate surface area is 111 Å². The van der Waals surface area contributed by atoms with Crippen molar-refractivity contribution in [2.45, 2.75) is 19.3 Å². The second kappa shape index (κ2) is 6.26. The minimum absolute atomic E-state index is 0.180. The predicted molar refractivity (Wildman–Crippen MR) is 70.5 cm³/mol. The lowest BCUT2D eigenvalue weighted by Gasteiger charge is -2.03. The van der Waals surface area contributed by atoms with Gasteiger partial charge in [0.05, 0.1) is 5.02 Å². The van der Waals surface area contributed by atoms with Crippen LogP contribution >= 0.6 is 11.6 Å². The van der Waals surface area contributed by atoms with E-state index in [1.165, 1.54) is 0 Å². The molecule has 0 bridgehead atoms. The summed E-state index contributed by atoms with van der Waals surface area (Å²) in [5.74, 6) is 0.180. The zero-order chi connectivity index (χ0) is 12.8. The summed E-state index contributed by atoms with van der Waals surface area (Å²) in [4.78, 5) is 19.7.